The Kier molecular flexibility index (Phi) is 6.37. The summed E-state index contributed by atoms with van der Waals surface area (Å²) in [4.78, 5) is 11.2. The SMILES string of the molecule is CC[C@@H](NCc1c(C)cc(C)c(COC(C)=O)c1C)c1ccnn1C. The molecule has 0 unspecified atom stereocenters. The van der Waals surface area contributed by atoms with Crippen molar-refractivity contribution >= 4 is 5.97 Å². The van der Waals surface area contributed by atoms with Crippen molar-refractivity contribution < 1.29 is 9.53 Å². The number of hydrogen-bond donors (Lipinski definition) is 1. The summed E-state index contributed by atoms with van der Waals surface area (Å²) in [6.45, 7) is 11.0. The molecule has 2 aromatic rings. The fraction of sp³-hybridized carbons (Fsp3) is 0.500. The first-order valence-corrected chi connectivity index (χ1v) is 8.78. The van der Waals surface area contributed by atoms with Gasteiger partial charge in [0.25, 0.3) is 0 Å². The van der Waals surface area contributed by atoms with Gasteiger partial charge in [-0.15, -0.1) is 0 Å². The molecule has 0 aliphatic heterocycles. The number of aromatic nitrogens is 2. The largest absolute Gasteiger partial charge is 0.461 e. The third-order valence-electron chi connectivity index (χ3n) is 4.86. The van der Waals surface area contributed by atoms with Gasteiger partial charge in [-0.05, 0) is 61.1 Å². The van der Waals surface area contributed by atoms with Gasteiger partial charge in [0.05, 0.1) is 5.69 Å². The maximum absolute atomic E-state index is 11.2. The van der Waals surface area contributed by atoms with Gasteiger partial charge in [-0.25, -0.2) is 0 Å². The van der Waals surface area contributed by atoms with Crippen molar-refractivity contribution in [2.75, 3.05) is 0 Å². The summed E-state index contributed by atoms with van der Waals surface area (Å²) < 4.78 is 7.15. The molecule has 2 rings (SSSR count). The van der Waals surface area contributed by atoms with Crippen LogP contribution in [0.25, 0.3) is 0 Å². The van der Waals surface area contributed by atoms with Crippen LogP contribution in [0.4, 0.5) is 0 Å². The monoisotopic (exact) mass is 343 g/mol. The molecule has 5 heteroatoms. The fourth-order valence-electron chi connectivity index (χ4n) is 3.35. The molecular formula is C20H29N3O2. The Morgan fingerprint density at radius 2 is 1.96 bits per heavy atom. The van der Waals surface area contributed by atoms with Crippen LogP contribution in [-0.4, -0.2) is 15.7 Å². The number of nitrogens with one attached hydrogen (secondary N) is 1. The fourth-order valence-corrected chi connectivity index (χ4v) is 3.35. The maximum Gasteiger partial charge on any atom is 0.302 e. The van der Waals surface area contributed by atoms with E-state index in [0.717, 1.165) is 18.5 Å². The first-order valence-electron chi connectivity index (χ1n) is 8.78. The lowest BCUT2D eigenvalue weighted by molar-refractivity contribution is -0.142. The van der Waals surface area contributed by atoms with Crippen LogP contribution in [0, 0.1) is 20.8 Å². The summed E-state index contributed by atoms with van der Waals surface area (Å²) >= 11 is 0. The molecular weight excluding hydrogens is 314 g/mol. The highest BCUT2D eigenvalue weighted by molar-refractivity contribution is 5.66. The molecule has 0 saturated heterocycles. The average molecular weight is 343 g/mol. The van der Waals surface area contributed by atoms with E-state index in [1.54, 1.807) is 0 Å². The lowest BCUT2D eigenvalue weighted by Crippen LogP contribution is -2.24. The number of carbonyl (C=O) groups excluding carboxylic acids is 1. The molecule has 25 heavy (non-hydrogen) atoms. The van der Waals surface area contributed by atoms with Crippen LogP contribution >= 0.6 is 0 Å². The van der Waals surface area contributed by atoms with Crippen molar-refractivity contribution in [3.05, 3.63) is 51.8 Å². The van der Waals surface area contributed by atoms with Gasteiger partial charge in [0.2, 0.25) is 0 Å². The van der Waals surface area contributed by atoms with Crippen LogP contribution in [0.15, 0.2) is 18.3 Å². The number of carbonyl (C=O) groups is 1. The zero-order chi connectivity index (χ0) is 18.6. The van der Waals surface area contributed by atoms with Gasteiger partial charge < -0.3 is 10.1 Å². The normalized spacial score (nSPS) is 12.2. The number of ether oxygens (including phenoxy) is 1. The molecule has 0 aliphatic carbocycles. The lowest BCUT2D eigenvalue weighted by Gasteiger charge is -2.21. The van der Waals surface area contributed by atoms with E-state index in [9.17, 15) is 4.79 Å². The number of nitrogens with zero attached hydrogens (tertiary/aromatic N) is 2. The van der Waals surface area contributed by atoms with Crippen LogP contribution < -0.4 is 5.32 Å². The predicted molar refractivity (Wildman–Crippen MR) is 99.2 cm³/mol. The van der Waals surface area contributed by atoms with Crippen molar-refractivity contribution in [2.45, 2.75) is 60.2 Å². The molecule has 5 nitrogen and oxygen atoms in total. The van der Waals surface area contributed by atoms with E-state index in [1.165, 1.54) is 34.9 Å². The van der Waals surface area contributed by atoms with E-state index in [2.05, 4.69) is 50.2 Å². The Balaban J connectivity index is 2.22. The highest BCUT2D eigenvalue weighted by Gasteiger charge is 2.16. The van der Waals surface area contributed by atoms with E-state index in [4.69, 9.17) is 4.74 Å². The molecule has 1 aromatic heterocycles. The predicted octanol–water partition coefficient (Wildman–Crippen LogP) is 3.65. The summed E-state index contributed by atoms with van der Waals surface area (Å²) in [5.41, 5.74) is 7.18. The number of rotatable bonds is 7. The highest BCUT2D eigenvalue weighted by atomic mass is 16.5. The minimum absolute atomic E-state index is 0.249. The molecule has 1 heterocycles. The van der Waals surface area contributed by atoms with E-state index in [-0.39, 0.29) is 12.0 Å². The second kappa shape index (κ2) is 8.30. The van der Waals surface area contributed by atoms with Crippen molar-refractivity contribution in [3.8, 4) is 0 Å². The Hall–Kier alpha value is -2.14. The van der Waals surface area contributed by atoms with Crippen molar-refractivity contribution in [3.63, 3.8) is 0 Å². The smallest absolute Gasteiger partial charge is 0.302 e. The quantitative estimate of drug-likeness (QED) is 0.780. The number of hydrogen-bond acceptors (Lipinski definition) is 4. The number of esters is 1. The number of aryl methyl sites for hydroxylation is 3. The molecule has 136 valence electrons. The van der Waals surface area contributed by atoms with Crippen molar-refractivity contribution in [1.82, 2.24) is 15.1 Å². The lowest BCUT2D eigenvalue weighted by atomic mass is 9.93. The molecule has 1 N–H and O–H groups in total. The maximum atomic E-state index is 11.2. The molecule has 0 bridgehead atoms. The van der Waals surface area contributed by atoms with Crippen LogP contribution in [0.5, 0.6) is 0 Å². The third-order valence-corrected chi connectivity index (χ3v) is 4.86. The Bertz CT molecular complexity index is 750. The number of benzene rings is 1. The molecule has 0 saturated carbocycles. The van der Waals surface area contributed by atoms with Gasteiger partial charge in [0.1, 0.15) is 6.61 Å². The van der Waals surface area contributed by atoms with E-state index < -0.39 is 0 Å². The van der Waals surface area contributed by atoms with Crippen LogP contribution in [0.3, 0.4) is 0 Å². The summed E-state index contributed by atoms with van der Waals surface area (Å²) in [6, 6.07) is 4.49. The molecule has 0 radical (unpaired) electrons. The zero-order valence-corrected chi connectivity index (χ0v) is 16.1. The average Bonchev–Trinajstić information content (AvgIpc) is 2.96. The van der Waals surface area contributed by atoms with Crippen molar-refractivity contribution in [2.24, 2.45) is 7.05 Å². The van der Waals surface area contributed by atoms with Gasteiger partial charge in [-0.1, -0.05) is 13.0 Å². The highest BCUT2D eigenvalue weighted by Crippen LogP contribution is 2.24. The second-order valence-corrected chi connectivity index (χ2v) is 6.59. The molecule has 0 fully saturated rings. The molecule has 0 aliphatic rings. The second-order valence-electron chi connectivity index (χ2n) is 6.59. The first-order chi connectivity index (χ1) is 11.8. The van der Waals surface area contributed by atoms with Crippen molar-refractivity contribution in [1.29, 1.82) is 0 Å². The van der Waals surface area contributed by atoms with E-state index >= 15 is 0 Å². The minimum atomic E-state index is -0.249. The standard InChI is InChI=1S/C20H29N3O2/c1-7-19(20-8-9-22-23(20)6)21-11-17-13(2)10-14(3)18(15(17)4)12-25-16(5)24/h8-10,19,21H,7,11-12H2,1-6H3/t19-/m1/s1. The summed E-state index contributed by atoms with van der Waals surface area (Å²) in [7, 11) is 1.97. The topological polar surface area (TPSA) is 56.1 Å². The third kappa shape index (κ3) is 4.48. The van der Waals surface area contributed by atoms with Crippen LogP contribution in [0.2, 0.25) is 0 Å². The first kappa shape index (κ1) is 19.2. The molecule has 1 aromatic carbocycles. The minimum Gasteiger partial charge on any atom is -0.461 e. The zero-order valence-electron chi connectivity index (χ0n) is 16.1. The van der Waals surface area contributed by atoms with Gasteiger partial charge in [-0.3, -0.25) is 9.48 Å². The molecule has 1 atom stereocenters. The van der Waals surface area contributed by atoms with Crippen LogP contribution in [0.1, 0.15) is 59.8 Å². The van der Waals surface area contributed by atoms with Gasteiger partial charge in [0, 0.05) is 32.8 Å². The van der Waals surface area contributed by atoms with Gasteiger partial charge >= 0.3 is 5.97 Å². The summed E-state index contributed by atoms with van der Waals surface area (Å²) in [5, 5.41) is 7.92. The van der Waals surface area contributed by atoms with E-state index in [0.29, 0.717) is 6.61 Å². The molecule has 0 spiro atoms. The Labute approximate surface area is 150 Å². The van der Waals surface area contributed by atoms with Gasteiger partial charge in [0.15, 0.2) is 0 Å². The van der Waals surface area contributed by atoms with E-state index in [1.807, 2.05) is 17.9 Å². The Morgan fingerprint density at radius 3 is 2.52 bits per heavy atom. The van der Waals surface area contributed by atoms with Gasteiger partial charge in [-0.2, -0.15) is 5.10 Å². The van der Waals surface area contributed by atoms with Crippen LogP contribution in [-0.2, 0) is 29.7 Å². The Morgan fingerprint density at radius 1 is 1.28 bits per heavy atom. The summed E-state index contributed by atoms with van der Waals surface area (Å²) in [5.74, 6) is -0.249. The molecule has 0 amide bonds. The summed E-state index contributed by atoms with van der Waals surface area (Å²) in [6.07, 6.45) is 2.82.